The molecule has 1 aromatic heterocycles. The Labute approximate surface area is 199 Å². The fraction of sp³-hybridized carbons (Fsp3) is 0.296. The van der Waals surface area contributed by atoms with Crippen molar-refractivity contribution < 1.29 is 19.8 Å². The minimum Gasteiger partial charge on any atom is -0.480 e. The van der Waals surface area contributed by atoms with Crippen LogP contribution in [0.25, 0.3) is 22.3 Å². The lowest BCUT2D eigenvalue weighted by molar-refractivity contribution is -0.143. The van der Waals surface area contributed by atoms with Crippen LogP contribution in [0, 0.1) is 16.7 Å². The Morgan fingerprint density at radius 1 is 0.971 bits per heavy atom. The lowest BCUT2D eigenvalue weighted by Gasteiger charge is -2.30. The number of carboxylic acids is 1. The van der Waals surface area contributed by atoms with Gasteiger partial charge in [-0.15, -0.1) is 0 Å². The predicted molar refractivity (Wildman–Crippen MR) is 130 cm³/mol. The standard InChI is InChI=1S/C27H29N3O4/c1-27(2,3)24(17-31)29-25(32)14-23(26(33)34)30-13-12-22(16-30)21-10-8-20(9-11-21)19-6-4-18(15-28)5-7-19/h4-13,16,23-24,31H,14,17H2,1-3H3,(H,29,32)(H,33,34)/t23-,24-/m1/s1. The number of rotatable bonds is 8. The maximum Gasteiger partial charge on any atom is 0.327 e. The van der Waals surface area contributed by atoms with Crippen molar-refractivity contribution >= 4 is 11.9 Å². The first kappa shape index (κ1) is 24.7. The summed E-state index contributed by atoms with van der Waals surface area (Å²) in [6.07, 6.45) is 3.13. The average molecular weight is 460 g/mol. The van der Waals surface area contributed by atoms with Gasteiger partial charge in [-0.05, 0) is 45.9 Å². The highest BCUT2D eigenvalue weighted by Crippen LogP contribution is 2.27. The second kappa shape index (κ2) is 10.4. The van der Waals surface area contributed by atoms with Gasteiger partial charge in [0.05, 0.1) is 30.7 Å². The van der Waals surface area contributed by atoms with Gasteiger partial charge < -0.3 is 20.1 Å². The smallest absolute Gasteiger partial charge is 0.327 e. The number of carbonyl (C=O) groups excluding carboxylic acids is 1. The molecule has 0 fully saturated rings. The number of nitrogens with zero attached hydrogens (tertiary/aromatic N) is 2. The minimum absolute atomic E-state index is 0.223. The summed E-state index contributed by atoms with van der Waals surface area (Å²) in [4.78, 5) is 24.4. The molecule has 3 aromatic rings. The zero-order chi connectivity index (χ0) is 24.9. The van der Waals surface area contributed by atoms with Crippen LogP contribution in [-0.4, -0.2) is 39.3 Å². The molecule has 7 heteroatoms. The van der Waals surface area contributed by atoms with Crippen LogP contribution in [0.1, 0.15) is 38.8 Å². The van der Waals surface area contributed by atoms with Gasteiger partial charge in [-0.2, -0.15) is 5.26 Å². The van der Waals surface area contributed by atoms with Crippen LogP contribution in [0.15, 0.2) is 67.0 Å². The molecule has 0 aliphatic heterocycles. The van der Waals surface area contributed by atoms with Gasteiger partial charge in [0.2, 0.25) is 5.91 Å². The van der Waals surface area contributed by atoms with Gasteiger partial charge in [0.1, 0.15) is 6.04 Å². The van der Waals surface area contributed by atoms with E-state index >= 15 is 0 Å². The number of amides is 1. The van der Waals surface area contributed by atoms with E-state index in [4.69, 9.17) is 5.26 Å². The van der Waals surface area contributed by atoms with Gasteiger partial charge in [0.25, 0.3) is 0 Å². The van der Waals surface area contributed by atoms with Crippen molar-refractivity contribution in [3.8, 4) is 28.3 Å². The molecule has 34 heavy (non-hydrogen) atoms. The van der Waals surface area contributed by atoms with Crippen LogP contribution in [0.5, 0.6) is 0 Å². The molecule has 0 saturated carbocycles. The first-order valence-electron chi connectivity index (χ1n) is 11.0. The fourth-order valence-electron chi connectivity index (χ4n) is 3.66. The second-order valence-corrected chi connectivity index (χ2v) is 9.34. The van der Waals surface area contributed by atoms with Gasteiger partial charge in [-0.25, -0.2) is 4.79 Å². The van der Waals surface area contributed by atoms with Crippen molar-refractivity contribution in [2.24, 2.45) is 5.41 Å². The van der Waals surface area contributed by atoms with Crippen molar-refractivity contribution in [1.29, 1.82) is 5.26 Å². The van der Waals surface area contributed by atoms with Crippen molar-refractivity contribution in [2.75, 3.05) is 6.61 Å². The molecule has 0 bridgehead atoms. The van der Waals surface area contributed by atoms with Crippen LogP contribution in [0.2, 0.25) is 0 Å². The number of carboxylic acid groups (broad SMARTS) is 1. The number of aromatic nitrogens is 1. The average Bonchev–Trinajstić information content (AvgIpc) is 3.30. The summed E-state index contributed by atoms with van der Waals surface area (Å²) in [6, 6.07) is 17.6. The molecule has 0 aliphatic rings. The Kier molecular flexibility index (Phi) is 7.54. The number of hydrogen-bond acceptors (Lipinski definition) is 4. The molecule has 0 spiro atoms. The number of hydrogen-bond donors (Lipinski definition) is 3. The molecule has 3 N–H and O–H groups in total. The van der Waals surface area contributed by atoms with Crippen molar-refractivity contribution in [3.63, 3.8) is 0 Å². The highest BCUT2D eigenvalue weighted by Gasteiger charge is 2.28. The maximum absolute atomic E-state index is 12.5. The van der Waals surface area contributed by atoms with E-state index in [1.165, 1.54) is 4.57 Å². The van der Waals surface area contributed by atoms with Crippen LogP contribution < -0.4 is 5.32 Å². The highest BCUT2D eigenvalue weighted by atomic mass is 16.4. The van der Waals surface area contributed by atoms with E-state index < -0.39 is 24.0 Å². The Morgan fingerprint density at radius 2 is 1.50 bits per heavy atom. The van der Waals surface area contributed by atoms with E-state index in [2.05, 4.69) is 11.4 Å². The third-order valence-corrected chi connectivity index (χ3v) is 5.87. The maximum atomic E-state index is 12.5. The van der Waals surface area contributed by atoms with Crippen LogP contribution >= 0.6 is 0 Å². The quantitative estimate of drug-likeness (QED) is 0.466. The summed E-state index contributed by atoms with van der Waals surface area (Å²) in [7, 11) is 0. The lowest BCUT2D eigenvalue weighted by atomic mass is 9.87. The van der Waals surface area contributed by atoms with Crippen molar-refractivity contribution in [2.45, 2.75) is 39.3 Å². The zero-order valence-electron chi connectivity index (χ0n) is 19.5. The molecule has 3 rings (SSSR count). The first-order chi connectivity index (χ1) is 16.1. The van der Waals surface area contributed by atoms with Crippen molar-refractivity contribution in [1.82, 2.24) is 9.88 Å². The molecular formula is C27H29N3O4. The summed E-state index contributed by atoms with van der Waals surface area (Å²) < 4.78 is 1.52. The third kappa shape index (κ3) is 5.91. The van der Waals surface area contributed by atoms with Crippen LogP contribution in [0.4, 0.5) is 0 Å². The molecule has 0 aliphatic carbocycles. The number of aliphatic hydroxyl groups excluding tert-OH is 1. The van der Waals surface area contributed by atoms with Crippen molar-refractivity contribution in [3.05, 3.63) is 72.6 Å². The Balaban J connectivity index is 1.74. The van der Waals surface area contributed by atoms with Gasteiger partial charge in [0.15, 0.2) is 0 Å². The third-order valence-electron chi connectivity index (χ3n) is 5.87. The van der Waals surface area contributed by atoms with E-state index in [0.717, 1.165) is 22.3 Å². The predicted octanol–water partition coefficient (Wildman–Crippen LogP) is 4.23. The lowest BCUT2D eigenvalue weighted by Crippen LogP contribution is -2.46. The van der Waals surface area contributed by atoms with E-state index in [0.29, 0.717) is 5.56 Å². The highest BCUT2D eigenvalue weighted by molar-refractivity contribution is 5.83. The molecule has 0 unspecified atom stereocenters. The largest absolute Gasteiger partial charge is 0.480 e. The molecule has 0 saturated heterocycles. The van der Waals surface area contributed by atoms with E-state index in [-0.39, 0.29) is 18.4 Å². The summed E-state index contributed by atoms with van der Waals surface area (Å²) in [5, 5.41) is 31.0. The van der Waals surface area contributed by atoms with Gasteiger partial charge in [-0.1, -0.05) is 57.2 Å². The Bertz CT molecular complexity index is 1180. The van der Waals surface area contributed by atoms with Gasteiger partial charge in [0, 0.05) is 12.4 Å². The van der Waals surface area contributed by atoms with Crippen LogP contribution in [-0.2, 0) is 9.59 Å². The van der Waals surface area contributed by atoms with E-state index in [9.17, 15) is 19.8 Å². The zero-order valence-corrected chi connectivity index (χ0v) is 19.5. The van der Waals surface area contributed by atoms with E-state index in [1.807, 2.05) is 63.2 Å². The molecule has 1 amide bonds. The Morgan fingerprint density at radius 3 is 1.97 bits per heavy atom. The second-order valence-electron chi connectivity index (χ2n) is 9.34. The number of benzene rings is 2. The normalized spacial score (nSPS) is 13.0. The monoisotopic (exact) mass is 459 g/mol. The SMILES string of the molecule is CC(C)(C)[C@@H](CO)NC(=O)C[C@H](C(=O)O)n1ccc(-c2ccc(-c3ccc(C#N)cc3)cc2)c1. The topological polar surface area (TPSA) is 115 Å². The van der Waals surface area contributed by atoms with Gasteiger partial charge >= 0.3 is 5.97 Å². The Hall–Kier alpha value is -3.89. The molecular weight excluding hydrogens is 430 g/mol. The fourth-order valence-corrected chi connectivity index (χ4v) is 3.66. The number of aliphatic carboxylic acids is 1. The first-order valence-corrected chi connectivity index (χ1v) is 11.0. The molecule has 7 nitrogen and oxygen atoms in total. The number of nitriles is 1. The molecule has 176 valence electrons. The van der Waals surface area contributed by atoms with Crippen LogP contribution in [0.3, 0.4) is 0 Å². The molecule has 2 aromatic carbocycles. The summed E-state index contributed by atoms with van der Waals surface area (Å²) in [5.74, 6) is -1.53. The minimum atomic E-state index is -1.11. The number of carbonyl (C=O) groups is 2. The summed E-state index contributed by atoms with van der Waals surface area (Å²) >= 11 is 0. The molecule has 1 heterocycles. The number of nitrogens with one attached hydrogen (secondary N) is 1. The van der Waals surface area contributed by atoms with E-state index in [1.54, 1.807) is 24.5 Å². The summed E-state index contributed by atoms with van der Waals surface area (Å²) in [5.41, 5.74) is 4.00. The molecule has 0 radical (unpaired) electrons. The summed E-state index contributed by atoms with van der Waals surface area (Å²) in [6.45, 7) is 5.47. The van der Waals surface area contributed by atoms with Gasteiger partial charge in [-0.3, -0.25) is 4.79 Å². The number of aliphatic hydroxyl groups is 1. The molecule has 2 atom stereocenters.